The van der Waals surface area contributed by atoms with E-state index in [0.29, 0.717) is 17.8 Å². The molecule has 0 radical (unpaired) electrons. The Bertz CT molecular complexity index is 1430. The first-order valence-corrected chi connectivity index (χ1v) is 13.2. The molecule has 0 saturated carbocycles. The molecule has 0 aromatic heterocycles. The second kappa shape index (κ2) is 10.8. The number of nitrogens with zero attached hydrogens (tertiary/aromatic N) is 3. The second-order valence-electron chi connectivity index (χ2n) is 9.88. The minimum atomic E-state index is -0.855. The van der Waals surface area contributed by atoms with E-state index in [-0.39, 0.29) is 5.70 Å². The smallest absolute Gasteiger partial charge is 0.265 e. The summed E-state index contributed by atoms with van der Waals surface area (Å²) in [5, 5.41) is 9.76. The fourth-order valence-corrected chi connectivity index (χ4v) is 5.69. The number of hydrogen-bond donors (Lipinski definition) is 0. The Hall–Kier alpha value is -4.54. The molecule has 4 heteroatoms. The maximum absolute atomic E-state index is 9.76. The van der Waals surface area contributed by atoms with Crippen molar-refractivity contribution in [1.82, 2.24) is 0 Å². The van der Waals surface area contributed by atoms with Crippen LogP contribution < -0.4 is 4.90 Å². The molecule has 3 aromatic carbocycles. The number of nitriles is 1. The lowest BCUT2D eigenvalue weighted by molar-refractivity contribution is 0.0348. The molecule has 5 rings (SSSR count). The highest BCUT2D eigenvalue weighted by atomic mass is 16.5. The van der Waals surface area contributed by atoms with E-state index in [1.54, 1.807) is 0 Å². The van der Waals surface area contributed by atoms with Gasteiger partial charge >= 0.3 is 0 Å². The fourth-order valence-electron chi connectivity index (χ4n) is 5.69. The Morgan fingerprint density at radius 2 is 1.76 bits per heavy atom. The maximum atomic E-state index is 9.76. The summed E-state index contributed by atoms with van der Waals surface area (Å²) in [6.45, 7) is 10.9. The first-order valence-electron chi connectivity index (χ1n) is 13.2. The van der Waals surface area contributed by atoms with Crippen LogP contribution in [0.15, 0.2) is 102 Å². The van der Waals surface area contributed by atoms with Crippen LogP contribution in [0.3, 0.4) is 0 Å². The molecule has 0 atom stereocenters. The van der Waals surface area contributed by atoms with Gasteiger partial charge in [-0.15, -0.1) is 0 Å². The van der Waals surface area contributed by atoms with Crippen LogP contribution in [0.2, 0.25) is 0 Å². The zero-order valence-corrected chi connectivity index (χ0v) is 21.9. The number of benzene rings is 3. The summed E-state index contributed by atoms with van der Waals surface area (Å²) >= 11 is 0. The Kier molecular flexibility index (Phi) is 7.16. The molecule has 0 N–H and O–H groups in total. The predicted molar refractivity (Wildman–Crippen MR) is 153 cm³/mol. The molecule has 0 aliphatic carbocycles. The Balaban J connectivity index is 1.62. The quantitative estimate of drug-likeness (QED) is 0.269. The monoisotopic (exact) mass is 497 g/mol. The third-order valence-corrected chi connectivity index (χ3v) is 7.48. The van der Waals surface area contributed by atoms with Crippen molar-refractivity contribution in [2.45, 2.75) is 38.2 Å². The lowest BCUT2D eigenvalue weighted by atomic mass is 9.79. The minimum Gasteiger partial charge on any atom is -0.478 e. The molecular weight excluding hydrogens is 466 g/mol. The largest absolute Gasteiger partial charge is 0.478 e. The molecule has 2 heterocycles. The number of hydrogen-bond acceptors (Lipinski definition) is 3. The van der Waals surface area contributed by atoms with Crippen LogP contribution in [0.1, 0.15) is 47.6 Å². The fraction of sp³-hybridized carbons (Fsp3) is 0.235. The van der Waals surface area contributed by atoms with Crippen LogP contribution in [-0.4, -0.2) is 13.6 Å². The van der Waals surface area contributed by atoms with Crippen LogP contribution in [0.25, 0.3) is 10.9 Å². The highest BCUT2D eigenvalue weighted by molar-refractivity contribution is 5.67. The summed E-state index contributed by atoms with van der Waals surface area (Å²) in [6, 6.07) is 26.8. The highest BCUT2D eigenvalue weighted by Gasteiger charge is 2.40. The van der Waals surface area contributed by atoms with Crippen molar-refractivity contribution in [3.8, 4) is 6.07 Å². The molecule has 3 aromatic rings. The van der Waals surface area contributed by atoms with E-state index < -0.39 is 5.60 Å². The van der Waals surface area contributed by atoms with Crippen LogP contribution in [-0.2, 0) is 23.2 Å². The summed E-state index contributed by atoms with van der Waals surface area (Å²) in [5.41, 5.74) is 7.13. The predicted octanol–water partition coefficient (Wildman–Crippen LogP) is 7.59. The molecule has 0 saturated heterocycles. The average molecular weight is 498 g/mol. The number of allylic oxidation sites excluding steroid dienone is 3. The summed E-state index contributed by atoms with van der Waals surface area (Å²) in [4.78, 5) is 5.93. The van der Waals surface area contributed by atoms with Crippen molar-refractivity contribution in [2.75, 3.05) is 18.5 Å². The molecule has 0 fully saturated rings. The molecular formula is C34H31N3O. The van der Waals surface area contributed by atoms with Gasteiger partial charge in [-0.2, -0.15) is 0 Å². The number of fused-ring (bicyclic) bond motifs is 1. The van der Waals surface area contributed by atoms with Crippen LogP contribution >= 0.6 is 0 Å². The lowest BCUT2D eigenvalue weighted by Crippen LogP contribution is -2.34. The van der Waals surface area contributed by atoms with Crippen molar-refractivity contribution in [1.29, 1.82) is 5.26 Å². The van der Waals surface area contributed by atoms with Crippen LogP contribution in [0, 0.1) is 17.9 Å². The van der Waals surface area contributed by atoms with E-state index in [4.69, 9.17) is 11.3 Å². The van der Waals surface area contributed by atoms with Crippen molar-refractivity contribution in [3.63, 3.8) is 0 Å². The van der Waals surface area contributed by atoms with Gasteiger partial charge in [0, 0.05) is 36.8 Å². The molecule has 0 unspecified atom stereocenters. The second-order valence-corrected chi connectivity index (χ2v) is 9.88. The van der Waals surface area contributed by atoms with Gasteiger partial charge in [-0.1, -0.05) is 73.7 Å². The summed E-state index contributed by atoms with van der Waals surface area (Å²) in [5.74, 6) is 0.628. The van der Waals surface area contributed by atoms with E-state index in [1.807, 2.05) is 48.6 Å². The normalized spacial score (nSPS) is 17.6. The SMILES string of the molecule is [C-]#[N+]/C(C#N)=C1C=C(/C=C/c2cc(CC)c3c(c2)CCCN3C)OC(c2ccccc2)(c2ccccc2)C/1. The standard InChI is InChI=1S/C34H31N3O/c1-4-26-20-25(21-27-12-11-19-37(3)33(26)27)17-18-31-22-28(32(24-35)36-2)23-34(38-31,29-13-7-5-8-14-29)30-15-9-6-10-16-30/h5-10,13-18,20-22H,4,11-12,19,23H2,1,3H3/b18-17+,32-28-. The third-order valence-electron chi connectivity index (χ3n) is 7.48. The van der Waals surface area contributed by atoms with E-state index in [2.05, 4.69) is 72.3 Å². The summed E-state index contributed by atoms with van der Waals surface area (Å²) < 4.78 is 6.84. The number of rotatable bonds is 5. The van der Waals surface area contributed by atoms with Gasteiger partial charge in [-0.3, -0.25) is 0 Å². The van der Waals surface area contributed by atoms with Crippen molar-refractivity contribution >= 4 is 11.8 Å². The maximum Gasteiger partial charge on any atom is 0.265 e. The summed E-state index contributed by atoms with van der Waals surface area (Å²) in [7, 11) is 2.18. The molecule has 4 nitrogen and oxygen atoms in total. The number of anilines is 1. The van der Waals surface area contributed by atoms with Gasteiger partial charge < -0.3 is 9.64 Å². The Morgan fingerprint density at radius 3 is 2.37 bits per heavy atom. The summed E-state index contributed by atoms with van der Waals surface area (Å²) in [6.07, 6.45) is 9.54. The molecule has 2 aliphatic rings. The molecule has 38 heavy (non-hydrogen) atoms. The van der Waals surface area contributed by atoms with Crippen molar-refractivity contribution < 1.29 is 4.74 Å². The van der Waals surface area contributed by atoms with E-state index in [9.17, 15) is 5.26 Å². The first kappa shape index (κ1) is 25.1. The van der Waals surface area contributed by atoms with Crippen molar-refractivity contribution in [2.24, 2.45) is 0 Å². The molecule has 2 aliphatic heterocycles. The van der Waals surface area contributed by atoms with E-state index in [0.717, 1.165) is 42.5 Å². The number of ether oxygens (including phenoxy) is 1. The topological polar surface area (TPSA) is 40.6 Å². The number of aryl methyl sites for hydroxylation is 2. The van der Waals surface area contributed by atoms with Crippen molar-refractivity contribution in [3.05, 3.63) is 141 Å². The highest BCUT2D eigenvalue weighted by Crippen LogP contribution is 2.45. The Morgan fingerprint density at radius 1 is 1.08 bits per heavy atom. The third kappa shape index (κ3) is 4.74. The van der Waals surface area contributed by atoms with Gasteiger partial charge in [0.05, 0.1) is 12.6 Å². The molecule has 0 amide bonds. The van der Waals surface area contributed by atoms with Gasteiger partial charge in [0.1, 0.15) is 5.76 Å². The van der Waals surface area contributed by atoms with E-state index >= 15 is 0 Å². The van der Waals surface area contributed by atoms with Gasteiger partial charge in [0.15, 0.2) is 5.60 Å². The first-order chi connectivity index (χ1) is 18.6. The minimum absolute atomic E-state index is 0.0977. The zero-order valence-electron chi connectivity index (χ0n) is 21.9. The molecule has 0 bridgehead atoms. The van der Waals surface area contributed by atoms with Crippen LogP contribution in [0.5, 0.6) is 0 Å². The van der Waals surface area contributed by atoms with Crippen LogP contribution in [0.4, 0.5) is 5.69 Å². The van der Waals surface area contributed by atoms with Gasteiger partial charge in [-0.05, 0) is 65.8 Å². The van der Waals surface area contributed by atoms with Gasteiger partial charge in [0.25, 0.3) is 5.70 Å². The zero-order chi connectivity index (χ0) is 26.5. The van der Waals surface area contributed by atoms with E-state index in [1.165, 1.54) is 16.8 Å². The van der Waals surface area contributed by atoms with Gasteiger partial charge in [-0.25, -0.2) is 10.1 Å². The Labute approximate surface area is 225 Å². The van der Waals surface area contributed by atoms with Gasteiger partial charge in [0.2, 0.25) is 0 Å². The molecule has 0 spiro atoms. The molecule has 188 valence electrons. The average Bonchev–Trinajstić information content (AvgIpc) is 2.97. The lowest BCUT2D eigenvalue weighted by Gasteiger charge is -2.39.